The molecule has 0 bridgehead atoms. The lowest BCUT2D eigenvalue weighted by Gasteiger charge is -2.54. The molecule has 2 aromatic carbocycles. The number of nitrogens with two attached hydrogens (primary N) is 1. The van der Waals surface area contributed by atoms with Gasteiger partial charge in [-0.15, -0.1) is 0 Å². The number of amides is 1. The molecule has 1 saturated heterocycles. The maximum Gasteiger partial charge on any atom is 0.240 e. The lowest BCUT2D eigenvalue weighted by Crippen LogP contribution is -2.40. The molecular formula is C27H36N5O3S-. The highest BCUT2D eigenvalue weighted by Crippen LogP contribution is 2.51. The average Bonchev–Trinajstić information content (AvgIpc) is 2.84. The number of carbonyl (C=O) groups is 1. The van der Waals surface area contributed by atoms with E-state index in [0.717, 1.165) is 36.6 Å². The zero-order valence-corrected chi connectivity index (χ0v) is 21.8. The second kappa shape index (κ2) is 11.6. The maximum absolute atomic E-state index is 13.3. The van der Waals surface area contributed by atoms with Gasteiger partial charge in [0.15, 0.2) is 0 Å². The van der Waals surface area contributed by atoms with Crippen LogP contribution < -0.4 is 11.1 Å². The van der Waals surface area contributed by atoms with E-state index in [0.29, 0.717) is 36.0 Å². The van der Waals surface area contributed by atoms with Gasteiger partial charge in [-0.25, -0.2) is 14.3 Å². The van der Waals surface area contributed by atoms with Gasteiger partial charge in [-0.1, -0.05) is 50.6 Å². The molecule has 3 atom stereocenters. The highest BCUT2D eigenvalue weighted by atomic mass is 32.3. The first-order valence-corrected chi connectivity index (χ1v) is 14.1. The normalized spacial score (nSPS) is 20.8. The Morgan fingerprint density at radius 1 is 1.11 bits per heavy atom. The van der Waals surface area contributed by atoms with Crippen LogP contribution in [0, 0.1) is 11.8 Å². The molecule has 1 aromatic heterocycles. The van der Waals surface area contributed by atoms with E-state index in [9.17, 15) is 13.9 Å². The molecule has 8 nitrogen and oxygen atoms in total. The van der Waals surface area contributed by atoms with E-state index in [-0.39, 0.29) is 11.8 Å². The smallest absolute Gasteiger partial charge is 0.240 e. The third kappa shape index (κ3) is 6.15. The van der Waals surface area contributed by atoms with Crippen LogP contribution in [0.1, 0.15) is 45.4 Å². The van der Waals surface area contributed by atoms with Crippen molar-refractivity contribution in [2.24, 2.45) is 17.6 Å². The molecule has 2 heterocycles. The topological polar surface area (TPSA) is 127 Å². The molecule has 4 N–H and O–H groups in total. The Labute approximate surface area is 214 Å². The van der Waals surface area contributed by atoms with Crippen molar-refractivity contribution in [3.8, 4) is 0 Å². The minimum Gasteiger partial charge on any atom is -0.750 e. The van der Waals surface area contributed by atoms with Crippen LogP contribution in [0.5, 0.6) is 0 Å². The number of para-hydroxylation sites is 1. The van der Waals surface area contributed by atoms with Crippen LogP contribution in [0.4, 0.5) is 5.82 Å². The summed E-state index contributed by atoms with van der Waals surface area (Å²) in [5, 5.41) is 4.11. The lowest BCUT2D eigenvalue weighted by atomic mass is 9.93. The van der Waals surface area contributed by atoms with Gasteiger partial charge in [0.2, 0.25) is 5.91 Å². The molecule has 194 valence electrons. The van der Waals surface area contributed by atoms with Crippen LogP contribution in [0.2, 0.25) is 0 Å². The molecule has 0 aliphatic carbocycles. The second-order valence-electron chi connectivity index (χ2n) is 9.87. The number of hydrogen-bond acceptors (Lipinski definition) is 7. The summed E-state index contributed by atoms with van der Waals surface area (Å²) in [4.78, 5) is 22.1. The minimum absolute atomic E-state index is 0.00854. The highest BCUT2D eigenvalue weighted by Gasteiger charge is 2.24. The van der Waals surface area contributed by atoms with Crippen LogP contribution in [0.25, 0.3) is 10.9 Å². The predicted molar refractivity (Wildman–Crippen MR) is 144 cm³/mol. The van der Waals surface area contributed by atoms with Gasteiger partial charge in [0.25, 0.3) is 0 Å². The van der Waals surface area contributed by atoms with Crippen LogP contribution in [0.15, 0.2) is 59.5 Å². The Kier molecular flexibility index (Phi) is 8.46. The summed E-state index contributed by atoms with van der Waals surface area (Å²) in [5.41, 5.74) is 6.46. The van der Waals surface area contributed by atoms with Crippen molar-refractivity contribution >= 4 is 33.4 Å². The average molecular weight is 511 g/mol. The SMILES string of the molecule is CC(C)[C@H](Nc1nc(CC2CCCCN(S([O-])(O)c3ccccc3)CC2)nc2ccccc12)C(N)=O. The zero-order chi connectivity index (χ0) is 25.7. The molecule has 4 rings (SSSR count). The number of benzene rings is 2. The molecule has 9 heteroatoms. The summed E-state index contributed by atoms with van der Waals surface area (Å²) in [6, 6.07) is 16.1. The van der Waals surface area contributed by atoms with Crippen molar-refractivity contribution in [2.45, 2.75) is 56.9 Å². The van der Waals surface area contributed by atoms with Crippen LogP contribution in [-0.4, -0.2) is 48.4 Å². The van der Waals surface area contributed by atoms with E-state index in [1.54, 1.807) is 28.6 Å². The summed E-state index contributed by atoms with van der Waals surface area (Å²) in [6.45, 7) is 5.02. The summed E-state index contributed by atoms with van der Waals surface area (Å²) >= 11 is 0. The number of carbonyl (C=O) groups excluding carboxylic acids is 1. The lowest BCUT2D eigenvalue weighted by molar-refractivity contribution is -0.119. The molecule has 0 saturated carbocycles. The van der Waals surface area contributed by atoms with E-state index in [2.05, 4.69) is 5.32 Å². The van der Waals surface area contributed by atoms with Gasteiger partial charge < -0.3 is 20.2 Å². The molecule has 1 amide bonds. The van der Waals surface area contributed by atoms with Gasteiger partial charge in [-0.2, -0.15) is 0 Å². The van der Waals surface area contributed by atoms with Gasteiger partial charge in [0.05, 0.1) is 5.52 Å². The number of nitrogens with one attached hydrogen (secondary N) is 1. The quantitative estimate of drug-likeness (QED) is 0.390. The fourth-order valence-corrected chi connectivity index (χ4v) is 6.34. The Balaban J connectivity index is 1.54. The molecular weight excluding hydrogens is 474 g/mol. The van der Waals surface area contributed by atoms with E-state index in [4.69, 9.17) is 15.7 Å². The van der Waals surface area contributed by atoms with E-state index in [1.165, 1.54) is 0 Å². The van der Waals surface area contributed by atoms with Gasteiger partial charge in [0, 0.05) is 29.8 Å². The number of fused-ring (bicyclic) bond motifs is 1. The summed E-state index contributed by atoms with van der Waals surface area (Å²) in [6.07, 6.45) is 4.29. The molecule has 2 unspecified atom stereocenters. The van der Waals surface area contributed by atoms with Crippen molar-refractivity contribution < 1.29 is 13.9 Å². The Hall–Kier alpha value is -2.72. The van der Waals surface area contributed by atoms with Gasteiger partial charge in [-0.05, 0) is 55.4 Å². The largest absolute Gasteiger partial charge is 0.750 e. The molecule has 0 spiro atoms. The monoisotopic (exact) mass is 510 g/mol. The van der Waals surface area contributed by atoms with Crippen molar-refractivity contribution in [3.63, 3.8) is 0 Å². The van der Waals surface area contributed by atoms with Crippen LogP contribution >= 0.6 is 10.8 Å². The maximum atomic E-state index is 13.3. The minimum atomic E-state index is -3.26. The fourth-order valence-electron chi connectivity index (χ4n) is 4.80. The molecule has 3 aromatic rings. The Morgan fingerprint density at radius 2 is 1.83 bits per heavy atom. The number of primary amides is 1. The van der Waals surface area contributed by atoms with Gasteiger partial charge in [0.1, 0.15) is 17.7 Å². The second-order valence-corrected chi connectivity index (χ2v) is 11.8. The summed E-state index contributed by atoms with van der Waals surface area (Å²) < 4.78 is 25.9. The number of aromatic nitrogens is 2. The third-order valence-corrected chi connectivity index (χ3v) is 8.79. The first-order valence-electron chi connectivity index (χ1n) is 12.6. The predicted octanol–water partition coefficient (Wildman–Crippen LogP) is 4.97. The van der Waals surface area contributed by atoms with Gasteiger partial charge in [-0.3, -0.25) is 15.6 Å². The third-order valence-electron chi connectivity index (χ3n) is 6.84. The number of anilines is 1. The van der Waals surface area contributed by atoms with E-state index >= 15 is 0 Å². The highest BCUT2D eigenvalue weighted by molar-refractivity contribution is 8.22. The van der Waals surface area contributed by atoms with Crippen molar-refractivity contribution in [1.29, 1.82) is 0 Å². The standard InChI is InChI=1S/C27H37N5O3S/c1-19(2)25(26(28)33)31-27-22-13-6-7-14-23(22)29-24(30-27)18-20-10-8-9-16-32(17-15-20)36(34,35)21-11-4-3-5-12-21/h3-7,11-14,19-20,25,34-35H,8-10,15-18H2,1-2H3,(H2,28,33)(H,29,30,31)/p-1/t20?,25-/m0/s1. The summed E-state index contributed by atoms with van der Waals surface area (Å²) in [5.74, 6) is 1.19. The zero-order valence-electron chi connectivity index (χ0n) is 21.0. The van der Waals surface area contributed by atoms with E-state index < -0.39 is 22.7 Å². The Morgan fingerprint density at radius 3 is 2.56 bits per heavy atom. The first-order chi connectivity index (χ1) is 17.3. The Bertz CT molecular complexity index is 1170. The fraction of sp³-hybridized carbons (Fsp3) is 0.444. The number of hydrogen-bond donors (Lipinski definition) is 3. The number of rotatable bonds is 8. The number of nitrogens with zero attached hydrogens (tertiary/aromatic N) is 3. The van der Waals surface area contributed by atoms with Crippen LogP contribution in [0.3, 0.4) is 0 Å². The first kappa shape index (κ1) is 26.3. The van der Waals surface area contributed by atoms with Gasteiger partial charge >= 0.3 is 0 Å². The summed E-state index contributed by atoms with van der Waals surface area (Å²) in [7, 11) is -3.26. The van der Waals surface area contributed by atoms with E-state index in [1.807, 2.05) is 44.2 Å². The molecule has 0 radical (unpaired) electrons. The van der Waals surface area contributed by atoms with Crippen LogP contribution in [-0.2, 0) is 11.2 Å². The molecule has 36 heavy (non-hydrogen) atoms. The van der Waals surface area contributed by atoms with Crippen molar-refractivity contribution in [1.82, 2.24) is 14.3 Å². The van der Waals surface area contributed by atoms with Crippen molar-refractivity contribution in [2.75, 3.05) is 18.4 Å². The molecule has 1 aliphatic rings. The molecule has 1 fully saturated rings. The van der Waals surface area contributed by atoms with Crippen molar-refractivity contribution in [3.05, 3.63) is 60.4 Å². The molecule has 1 aliphatic heterocycles.